The van der Waals surface area contributed by atoms with Gasteiger partial charge in [0.25, 0.3) is 0 Å². The summed E-state index contributed by atoms with van der Waals surface area (Å²) in [5.74, 6) is 1.97. The molecule has 5 heteroatoms. The van der Waals surface area contributed by atoms with Crippen LogP contribution in [-0.4, -0.2) is 21.2 Å². The standard InChI is InChI=1S/C15H20N4O/c16-13(12-5-1-2-6-12)9-15-18-14(19-20-15)8-11-4-3-7-17-10-11/h3-4,7,10,12-13H,1-2,5-6,8-9,16H2. The number of aromatic nitrogens is 3. The first kappa shape index (κ1) is 13.2. The molecule has 0 bridgehead atoms. The van der Waals surface area contributed by atoms with Crippen molar-refractivity contribution >= 4 is 0 Å². The SMILES string of the molecule is NC(Cc1nc(Cc2cccnc2)no1)C1CCCC1. The molecule has 2 aromatic rings. The van der Waals surface area contributed by atoms with Crippen LogP contribution in [0.4, 0.5) is 0 Å². The maximum Gasteiger partial charge on any atom is 0.228 e. The molecule has 0 spiro atoms. The minimum Gasteiger partial charge on any atom is -0.339 e. The normalized spacial score (nSPS) is 17.4. The molecule has 2 heterocycles. The first-order valence-electron chi connectivity index (χ1n) is 7.27. The Bertz CT molecular complexity index is 534. The molecular formula is C15H20N4O. The largest absolute Gasteiger partial charge is 0.339 e. The Labute approximate surface area is 118 Å². The van der Waals surface area contributed by atoms with Gasteiger partial charge in [0.1, 0.15) is 0 Å². The molecule has 2 aromatic heterocycles. The minimum atomic E-state index is 0.143. The van der Waals surface area contributed by atoms with Crippen LogP contribution in [-0.2, 0) is 12.8 Å². The molecule has 5 nitrogen and oxygen atoms in total. The van der Waals surface area contributed by atoms with Gasteiger partial charge in [0.05, 0.1) is 0 Å². The summed E-state index contributed by atoms with van der Waals surface area (Å²) in [5, 5.41) is 4.02. The second-order valence-electron chi connectivity index (χ2n) is 5.55. The zero-order valence-corrected chi connectivity index (χ0v) is 11.5. The average Bonchev–Trinajstić information content (AvgIpc) is 3.11. The van der Waals surface area contributed by atoms with Gasteiger partial charge in [0, 0.05) is 31.3 Å². The molecule has 1 aliphatic carbocycles. The number of pyridine rings is 1. The topological polar surface area (TPSA) is 77.8 Å². The zero-order valence-electron chi connectivity index (χ0n) is 11.5. The van der Waals surface area contributed by atoms with Crippen LogP contribution in [0, 0.1) is 5.92 Å². The lowest BCUT2D eigenvalue weighted by Crippen LogP contribution is -2.30. The van der Waals surface area contributed by atoms with E-state index >= 15 is 0 Å². The quantitative estimate of drug-likeness (QED) is 0.902. The predicted molar refractivity (Wildman–Crippen MR) is 75.0 cm³/mol. The van der Waals surface area contributed by atoms with Gasteiger partial charge < -0.3 is 10.3 Å². The van der Waals surface area contributed by atoms with Crippen molar-refractivity contribution in [2.24, 2.45) is 11.7 Å². The van der Waals surface area contributed by atoms with Gasteiger partial charge in [-0.05, 0) is 30.4 Å². The highest BCUT2D eigenvalue weighted by atomic mass is 16.5. The van der Waals surface area contributed by atoms with Crippen molar-refractivity contribution < 1.29 is 4.52 Å². The van der Waals surface area contributed by atoms with Gasteiger partial charge >= 0.3 is 0 Å². The maximum atomic E-state index is 6.24. The fourth-order valence-corrected chi connectivity index (χ4v) is 2.88. The average molecular weight is 272 g/mol. The molecular weight excluding hydrogens is 252 g/mol. The monoisotopic (exact) mass is 272 g/mol. The van der Waals surface area contributed by atoms with Crippen LogP contribution in [0.25, 0.3) is 0 Å². The summed E-state index contributed by atoms with van der Waals surface area (Å²) >= 11 is 0. The van der Waals surface area contributed by atoms with Crippen LogP contribution >= 0.6 is 0 Å². The van der Waals surface area contributed by atoms with E-state index in [2.05, 4.69) is 15.1 Å². The van der Waals surface area contributed by atoms with E-state index < -0.39 is 0 Å². The van der Waals surface area contributed by atoms with E-state index in [-0.39, 0.29) is 6.04 Å². The van der Waals surface area contributed by atoms with Gasteiger partial charge in [0.15, 0.2) is 5.82 Å². The number of nitrogens with two attached hydrogens (primary N) is 1. The Kier molecular flexibility index (Phi) is 4.06. The summed E-state index contributed by atoms with van der Waals surface area (Å²) in [6.07, 6.45) is 9.98. The summed E-state index contributed by atoms with van der Waals surface area (Å²) in [6.45, 7) is 0. The van der Waals surface area contributed by atoms with Crippen LogP contribution < -0.4 is 5.73 Å². The molecule has 0 radical (unpaired) electrons. The molecule has 0 amide bonds. The lowest BCUT2D eigenvalue weighted by molar-refractivity contribution is 0.339. The van der Waals surface area contributed by atoms with Crippen LogP contribution in [0.2, 0.25) is 0 Å². The first-order valence-corrected chi connectivity index (χ1v) is 7.27. The number of nitrogens with zero attached hydrogens (tertiary/aromatic N) is 3. The van der Waals surface area contributed by atoms with Gasteiger partial charge in [-0.2, -0.15) is 4.98 Å². The highest BCUT2D eigenvalue weighted by molar-refractivity contribution is 5.13. The Morgan fingerprint density at radius 1 is 1.35 bits per heavy atom. The Morgan fingerprint density at radius 2 is 2.20 bits per heavy atom. The summed E-state index contributed by atoms with van der Waals surface area (Å²) in [4.78, 5) is 8.51. The molecule has 2 N–H and O–H groups in total. The van der Waals surface area contributed by atoms with E-state index in [0.717, 1.165) is 5.56 Å². The minimum absolute atomic E-state index is 0.143. The zero-order chi connectivity index (χ0) is 13.8. The molecule has 0 saturated heterocycles. The Morgan fingerprint density at radius 3 is 2.95 bits per heavy atom. The summed E-state index contributed by atoms with van der Waals surface area (Å²) in [7, 11) is 0. The number of rotatable bonds is 5. The lowest BCUT2D eigenvalue weighted by atomic mass is 9.96. The van der Waals surface area contributed by atoms with Gasteiger partial charge in [-0.3, -0.25) is 4.98 Å². The smallest absolute Gasteiger partial charge is 0.228 e. The van der Waals surface area contributed by atoms with Crippen LogP contribution in [0.5, 0.6) is 0 Å². The third-order valence-electron chi connectivity index (χ3n) is 4.01. The molecule has 1 unspecified atom stereocenters. The maximum absolute atomic E-state index is 6.24. The summed E-state index contributed by atoms with van der Waals surface area (Å²) in [6, 6.07) is 4.06. The predicted octanol–water partition coefficient (Wildman–Crippen LogP) is 2.12. The van der Waals surface area contributed by atoms with Crippen molar-refractivity contribution in [1.82, 2.24) is 15.1 Å². The highest BCUT2D eigenvalue weighted by Crippen LogP contribution is 2.28. The molecule has 0 aromatic carbocycles. The van der Waals surface area contributed by atoms with E-state index in [4.69, 9.17) is 10.3 Å². The van der Waals surface area contributed by atoms with Crippen molar-refractivity contribution in [2.45, 2.75) is 44.6 Å². The second kappa shape index (κ2) is 6.13. The van der Waals surface area contributed by atoms with Gasteiger partial charge in [-0.25, -0.2) is 0 Å². The molecule has 1 fully saturated rings. The molecule has 20 heavy (non-hydrogen) atoms. The lowest BCUT2D eigenvalue weighted by Gasteiger charge is -2.16. The number of hydrogen-bond donors (Lipinski definition) is 1. The highest BCUT2D eigenvalue weighted by Gasteiger charge is 2.23. The van der Waals surface area contributed by atoms with Crippen molar-refractivity contribution in [3.05, 3.63) is 41.8 Å². The summed E-state index contributed by atoms with van der Waals surface area (Å²) < 4.78 is 5.31. The van der Waals surface area contributed by atoms with E-state index in [1.165, 1.54) is 25.7 Å². The van der Waals surface area contributed by atoms with Crippen LogP contribution in [0.3, 0.4) is 0 Å². The van der Waals surface area contributed by atoms with Gasteiger partial charge in [-0.1, -0.05) is 24.1 Å². The van der Waals surface area contributed by atoms with Gasteiger partial charge in [0.2, 0.25) is 5.89 Å². The second-order valence-corrected chi connectivity index (χ2v) is 5.55. The number of hydrogen-bond acceptors (Lipinski definition) is 5. The van der Waals surface area contributed by atoms with E-state index in [0.29, 0.717) is 30.5 Å². The van der Waals surface area contributed by atoms with Crippen molar-refractivity contribution in [1.29, 1.82) is 0 Å². The molecule has 0 aliphatic heterocycles. The molecule has 1 atom stereocenters. The van der Waals surface area contributed by atoms with Crippen LogP contribution in [0.15, 0.2) is 29.0 Å². The summed E-state index contributed by atoms with van der Waals surface area (Å²) in [5.41, 5.74) is 7.32. The van der Waals surface area contributed by atoms with Crippen LogP contribution in [0.1, 0.15) is 43.0 Å². The Hall–Kier alpha value is -1.75. The first-order chi connectivity index (χ1) is 9.81. The fourth-order valence-electron chi connectivity index (χ4n) is 2.88. The third-order valence-corrected chi connectivity index (χ3v) is 4.01. The Balaban J connectivity index is 1.59. The van der Waals surface area contributed by atoms with E-state index in [1.807, 2.05) is 18.3 Å². The van der Waals surface area contributed by atoms with E-state index in [9.17, 15) is 0 Å². The van der Waals surface area contributed by atoms with Gasteiger partial charge in [-0.15, -0.1) is 0 Å². The third kappa shape index (κ3) is 3.22. The fraction of sp³-hybridized carbons (Fsp3) is 0.533. The van der Waals surface area contributed by atoms with Crippen molar-refractivity contribution in [2.75, 3.05) is 0 Å². The molecule has 1 aliphatic rings. The molecule has 3 rings (SSSR count). The molecule has 1 saturated carbocycles. The molecule has 106 valence electrons. The van der Waals surface area contributed by atoms with Crippen molar-refractivity contribution in [3.8, 4) is 0 Å². The van der Waals surface area contributed by atoms with Crippen molar-refractivity contribution in [3.63, 3.8) is 0 Å². The van der Waals surface area contributed by atoms with E-state index in [1.54, 1.807) is 6.20 Å².